The number of carbonyl (C=O) groups is 4. The number of hydrogen-bond acceptors (Lipinski definition) is 5. The van der Waals surface area contributed by atoms with Crippen molar-refractivity contribution in [1.82, 2.24) is 16.0 Å². The Balaban J connectivity index is 4.61. The zero-order valence-electron chi connectivity index (χ0n) is 14.4. The summed E-state index contributed by atoms with van der Waals surface area (Å²) in [6, 6.07) is -2.88. The van der Waals surface area contributed by atoms with Crippen molar-refractivity contribution < 1.29 is 19.2 Å². The Hall–Kier alpha value is -1.96. The van der Waals surface area contributed by atoms with Crippen LogP contribution in [0, 0.1) is 0 Å². The SMILES string of the molecule is CCC(N)C(=O)NC(C)C(=O)NC(CC)C(=O)NC(C)C(C)=O. The van der Waals surface area contributed by atoms with Crippen molar-refractivity contribution in [1.29, 1.82) is 0 Å². The highest BCUT2D eigenvalue weighted by Gasteiger charge is 2.25. The minimum Gasteiger partial charge on any atom is -0.345 e. The number of ketones is 1. The fourth-order valence-electron chi connectivity index (χ4n) is 1.64. The lowest BCUT2D eigenvalue weighted by Gasteiger charge is -2.22. The first-order valence-corrected chi connectivity index (χ1v) is 7.81. The molecule has 0 rings (SSSR count). The number of carbonyl (C=O) groups excluding carboxylic acids is 4. The van der Waals surface area contributed by atoms with Crippen LogP contribution in [0.25, 0.3) is 0 Å². The molecule has 0 aliphatic carbocycles. The van der Waals surface area contributed by atoms with Gasteiger partial charge in [0.25, 0.3) is 0 Å². The molecular weight excluding hydrogens is 300 g/mol. The molecule has 4 atom stereocenters. The zero-order chi connectivity index (χ0) is 18.2. The van der Waals surface area contributed by atoms with Gasteiger partial charge in [-0.3, -0.25) is 19.2 Å². The molecule has 0 heterocycles. The summed E-state index contributed by atoms with van der Waals surface area (Å²) in [5.74, 6) is -1.52. The highest BCUT2D eigenvalue weighted by atomic mass is 16.2. The summed E-state index contributed by atoms with van der Waals surface area (Å²) in [7, 11) is 0. The fraction of sp³-hybridized carbons (Fsp3) is 0.733. The van der Waals surface area contributed by atoms with Crippen molar-refractivity contribution in [3.8, 4) is 0 Å². The predicted octanol–water partition coefficient (Wildman–Crippen LogP) is -0.783. The Morgan fingerprint density at radius 1 is 0.826 bits per heavy atom. The van der Waals surface area contributed by atoms with Gasteiger partial charge in [0.1, 0.15) is 12.1 Å². The van der Waals surface area contributed by atoms with Gasteiger partial charge in [-0.1, -0.05) is 13.8 Å². The van der Waals surface area contributed by atoms with Gasteiger partial charge in [0.2, 0.25) is 17.7 Å². The van der Waals surface area contributed by atoms with Gasteiger partial charge in [0.05, 0.1) is 12.1 Å². The van der Waals surface area contributed by atoms with Crippen LogP contribution >= 0.6 is 0 Å². The van der Waals surface area contributed by atoms with E-state index in [1.54, 1.807) is 20.8 Å². The normalized spacial score (nSPS) is 15.7. The van der Waals surface area contributed by atoms with Crippen LogP contribution in [0.2, 0.25) is 0 Å². The summed E-state index contributed by atoms with van der Waals surface area (Å²) in [4.78, 5) is 46.9. The summed E-state index contributed by atoms with van der Waals surface area (Å²) in [6.07, 6.45) is 0.820. The maximum atomic E-state index is 12.1. The zero-order valence-corrected chi connectivity index (χ0v) is 14.4. The molecule has 0 radical (unpaired) electrons. The van der Waals surface area contributed by atoms with E-state index in [2.05, 4.69) is 16.0 Å². The van der Waals surface area contributed by atoms with Crippen molar-refractivity contribution in [3.63, 3.8) is 0 Å². The van der Waals surface area contributed by atoms with E-state index in [0.717, 1.165) is 0 Å². The second-order valence-electron chi connectivity index (χ2n) is 5.56. The van der Waals surface area contributed by atoms with Crippen molar-refractivity contribution in [2.75, 3.05) is 0 Å². The van der Waals surface area contributed by atoms with Crippen LogP contribution in [0.3, 0.4) is 0 Å². The Kier molecular flexibility index (Phi) is 9.09. The number of nitrogens with two attached hydrogens (primary N) is 1. The van der Waals surface area contributed by atoms with Crippen molar-refractivity contribution in [2.45, 2.75) is 71.6 Å². The lowest BCUT2D eigenvalue weighted by atomic mass is 10.1. The number of Topliss-reactive ketones (excluding diaryl/α,β-unsaturated/α-hetero) is 1. The summed E-state index contributed by atoms with van der Waals surface area (Å²) in [5.41, 5.74) is 5.58. The second kappa shape index (κ2) is 9.94. The standard InChI is InChI=1S/C15H28N4O4/c1-6-11(16)14(22)18-9(4)13(21)19-12(7-2)15(23)17-8(3)10(5)20/h8-9,11-12H,6-7,16H2,1-5H3,(H,17,23)(H,18,22)(H,19,21). The first-order valence-electron chi connectivity index (χ1n) is 7.81. The van der Waals surface area contributed by atoms with Gasteiger partial charge in [-0.05, 0) is 33.6 Å². The average molecular weight is 328 g/mol. The lowest BCUT2D eigenvalue weighted by molar-refractivity contribution is -0.133. The Morgan fingerprint density at radius 2 is 1.35 bits per heavy atom. The van der Waals surface area contributed by atoms with Gasteiger partial charge < -0.3 is 21.7 Å². The van der Waals surface area contributed by atoms with E-state index in [9.17, 15) is 19.2 Å². The van der Waals surface area contributed by atoms with E-state index < -0.39 is 41.9 Å². The number of nitrogens with one attached hydrogen (secondary N) is 3. The fourth-order valence-corrected chi connectivity index (χ4v) is 1.64. The van der Waals surface area contributed by atoms with Gasteiger partial charge in [-0.2, -0.15) is 0 Å². The molecule has 5 N–H and O–H groups in total. The maximum absolute atomic E-state index is 12.1. The summed E-state index contributed by atoms with van der Waals surface area (Å²) < 4.78 is 0. The third kappa shape index (κ3) is 7.23. The molecular formula is C15H28N4O4. The molecule has 4 unspecified atom stereocenters. The summed E-state index contributed by atoms with van der Waals surface area (Å²) in [6.45, 7) is 7.96. The third-order valence-corrected chi connectivity index (χ3v) is 3.54. The van der Waals surface area contributed by atoms with E-state index in [0.29, 0.717) is 12.8 Å². The van der Waals surface area contributed by atoms with E-state index in [1.807, 2.05) is 0 Å². The molecule has 23 heavy (non-hydrogen) atoms. The minimum absolute atomic E-state index is 0.172. The highest BCUT2D eigenvalue weighted by Crippen LogP contribution is 1.96. The molecule has 8 nitrogen and oxygen atoms in total. The van der Waals surface area contributed by atoms with Gasteiger partial charge in [-0.25, -0.2) is 0 Å². The Labute approximate surface area is 136 Å². The molecule has 0 aliphatic rings. The van der Waals surface area contributed by atoms with Gasteiger partial charge >= 0.3 is 0 Å². The molecule has 0 aliphatic heterocycles. The molecule has 132 valence electrons. The van der Waals surface area contributed by atoms with Gasteiger partial charge in [-0.15, -0.1) is 0 Å². The monoisotopic (exact) mass is 328 g/mol. The van der Waals surface area contributed by atoms with E-state index in [-0.39, 0.29) is 5.78 Å². The van der Waals surface area contributed by atoms with Crippen LogP contribution in [0.1, 0.15) is 47.5 Å². The van der Waals surface area contributed by atoms with Crippen LogP contribution in [0.5, 0.6) is 0 Å². The molecule has 3 amide bonds. The van der Waals surface area contributed by atoms with E-state index in [1.165, 1.54) is 13.8 Å². The second-order valence-corrected chi connectivity index (χ2v) is 5.56. The van der Waals surface area contributed by atoms with Crippen molar-refractivity contribution in [2.24, 2.45) is 5.73 Å². The van der Waals surface area contributed by atoms with Crippen LogP contribution in [-0.4, -0.2) is 47.7 Å². The molecule has 0 aromatic carbocycles. The Morgan fingerprint density at radius 3 is 1.78 bits per heavy atom. The first kappa shape index (κ1) is 21.0. The molecule has 8 heteroatoms. The molecule has 0 spiro atoms. The molecule has 0 aromatic rings. The highest BCUT2D eigenvalue weighted by molar-refractivity contribution is 5.94. The lowest BCUT2D eigenvalue weighted by Crippen LogP contribution is -2.55. The first-order chi connectivity index (χ1) is 10.6. The summed E-state index contributed by atoms with van der Waals surface area (Å²) in [5, 5.41) is 7.58. The van der Waals surface area contributed by atoms with Gasteiger partial charge in [0, 0.05) is 0 Å². The number of rotatable bonds is 9. The third-order valence-electron chi connectivity index (χ3n) is 3.54. The quantitative estimate of drug-likeness (QED) is 0.441. The van der Waals surface area contributed by atoms with Gasteiger partial charge in [0.15, 0.2) is 5.78 Å². The minimum atomic E-state index is -0.813. The van der Waals surface area contributed by atoms with Crippen LogP contribution in [0.4, 0.5) is 0 Å². The van der Waals surface area contributed by atoms with Crippen LogP contribution in [-0.2, 0) is 19.2 Å². The molecule has 0 bridgehead atoms. The predicted molar refractivity (Wildman–Crippen MR) is 86.4 cm³/mol. The molecule has 0 fully saturated rings. The Bertz CT molecular complexity index is 453. The van der Waals surface area contributed by atoms with Crippen molar-refractivity contribution >= 4 is 23.5 Å². The topological polar surface area (TPSA) is 130 Å². The van der Waals surface area contributed by atoms with E-state index >= 15 is 0 Å². The molecule has 0 aromatic heterocycles. The van der Waals surface area contributed by atoms with Crippen LogP contribution < -0.4 is 21.7 Å². The number of amides is 3. The smallest absolute Gasteiger partial charge is 0.243 e. The van der Waals surface area contributed by atoms with Crippen molar-refractivity contribution in [3.05, 3.63) is 0 Å². The van der Waals surface area contributed by atoms with E-state index in [4.69, 9.17) is 5.73 Å². The molecule has 0 saturated heterocycles. The molecule has 0 saturated carbocycles. The summed E-state index contributed by atoms with van der Waals surface area (Å²) >= 11 is 0. The van der Waals surface area contributed by atoms with Crippen LogP contribution in [0.15, 0.2) is 0 Å². The maximum Gasteiger partial charge on any atom is 0.243 e. The average Bonchev–Trinajstić information content (AvgIpc) is 2.50. The largest absolute Gasteiger partial charge is 0.345 e. The number of hydrogen-bond donors (Lipinski definition) is 4.